The summed E-state index contributed by atoms with van der Waals surface area (Å²) in [4.78, 5) is 15.3. The largest absolute Gasteiger partial charge is 0.434 e. The van der Waals surface area contributed by atoms with Gasteiger partial charge in [0.2, 0.25) is 0 Å². The molecule has 3 aromatic rings. The van der Waals surface area contributed by atoms with Gasteiger partial charge in [-0.15, -0.1) is 0 Å². The highest BCUT2D eigenvalue weighted by molar-refractivity contribution is 9.10. The van der Waals surface area contributed by atoms with Gasteiger partial charge in [-0.2, -0.15) is 8.78 Å². The van der Waals surface area contributed by atoms with Crippen molar-refractivity contribution in [2.75, 3.05) is 0 Å². The Labute approximate surface area is 144 Å². The van der Waals surface area contributed by atoms with Crippen molar-refractivity contribution in [2.24, 2.45) is 0 Å². The second kappa shape index (κ2) is 7.00. The van der Waals surface area contributed by atoms with Gasteiger partial charge in [0.05, 0.1) is 0 Å². The van der Waals surface area contributed by atoms with Crippen LogP contribution in [0.15, 0.2) is 53.0 Å². The molecule has 0 atom stereocenters. The average molecular weight is 395 g/mol. The number of fused-ring (bicyclic) bond motifs is 1. The summed E-state index contributed by atoms with van der Waals surface area (Å²) in [5.41, 5.74) is 1.71. The molecule has 2 N–H and O–H groups in total. The molecule has 24 heavy (non-hydrogen) atoms. The van der Waals surface area contributed by atoms with Gasteiger partial charge in [0.25, 0.3) is 5.91 Å². The molecule has 0 bridgehead atoms. The molecule has 0 aliphatic carbocycles. The lowest BCUT2D eigenvalue weighted by Crippen LogP contribution is -2.23. The average Bonchev–Trinajstić information content (AvgIpc) is 2.96. The molecule has 2 aromatic carbocycles. The van der Waals surface area contributed by atoms with Crippen LogP contribution in [0.1, 0.15) is 16.1 Å². The lowest BCUT2D eigenvalue weighted by molar-refractivity contribution is -0.0504. The van der Waals surface area contributed by atoms with Gasteiger partial charge in [-0.05, 0) is 30.3 Å². The monoisotopic (exact) mass is 394 g/mol. The molecule has 0 unspecified atom stereocenters. The zero-order valence-electron chi connectivity index (χ0n) is 12.4. The molecular formula is C17H13BrF2N2O2. The number of aromatic amines is 1. The second-order valence-corrected chi connectivity index (χ2v) is 6.00. The molecule has 1 heterocycles. The maximum absolute atomic E-state index is 12.4. The van der Waals surface area contributed by atoms with Crippen molar-refractivity contribution in [1.82, 2.24) is 10.3 Å². The number of aromatic nitrogens is 1. The van der Waals surface area contributed by atoms with Crippen molar-refractivity contribution >= 4 is 32.7 Å². The Balaban J connectivity index is 1.73. The molecule has 3 rings (SSSR count). The third kappa shape index (κ3) is 3.73. The number of ether oxygens (including phenoxy) is 1. The quantitative estimate of drug-likeness (QED) is 0.670. The van der Waals surface area contributed by atoms with E-state index in [1.54, 1.807) is 24.3 Å². The van der Waals surface area contributed by atoms with E-state index in [0.717, 1.165) is 15.4 Å². The number of halogens is 3. The Kier molecular flexibility index (Phi) is 4.80. The molecule has 4 nitrogen and oxygen atoms in total. The first kappa shape index (κ1) is 16.4. The van der Waals surface area contributed by atoms with Crippen molar-refractivity contribution in [3.8, 4) is 5.75 Å². The zero-order chi connectivity index (χ0) is 17.1. The SMILES string of the molecule is O=C(NCc1ccccc1OC(F)F)c1cc2cc(Br)ccc2[nH]1. The first-order valence-electron chi connectivity index (χ1n) is 7.12. The van der Waals surface area contributed by atoms with Gasteiger partial charge >= 0.3 is 6.61 Å². The van der Waals surface area contributed by atoms with E-state index in [0.29, 0.717) is 11.3 Å². The van der Waals surface area contributed by atoms with E-state index in [4.69, 9.17) is 0 Å². The minimum Gasteiger partial charge on any atom is -0.434 e. The molecule has 0 aliphatic heterocycles. The number of para-hydroxylation sites is 1. The number of amides is 1. The number of hydrogen-bond donors (Lipinski definition) is 2. The summed E-state index contributed by atoms with van der Waals surface area (Å²) in [6.45, 7) is -2.82. The molecule has 0 spiro atoms. The number of rotatable bonds is 5. The van der Waals surface area contributed by atoms with Crippen molar-refractivity contribution in [1.29, 1.82) is 0 Å². The molecule has 7 heteroatoms. The number of benzene rings is 2. The van der Waals surface area contributed by atoms with Crippen molar-refractivity contribution in [2.45, 2.75) is 13.2 Å². The molecule has 0 fully saturated rings. The molecular weight excluding hydrogens is 382 g/mol. The minimum atomic E-state index is -2.91. The van der Waals surface area contributed by atoms with Gasteiger partial charge in [-0.1, -0.05) is 34.1 Å². The van der Waals surface area contributed by atoms with Crippen LogP contribution in [0.4, 0.5) is 8.78 Å². The molecule has 0 saturated heterocycles. The lowest BCUT2D eigenvalue weighted by atomic mass is 10.2. The van der Waals surface area contributed by atoms with Crippen LogP contribution < -0.4 is 10.1 Å². The van der Waals surface area contributed by atoms with Crippen LogP contribution in [0.3, 0.4) is 0 Å². The molecule has 0 radical (unpaired) electrons. The fourth-order valence-corrected chi connectivity index (χ4v) is 2.74. The Morgan fingerprint density at radius 1 is 1.21 bits per heavy atom. The normalized spacial score (nSPS) is 11.0. The van der Waals surface area contributed by atoms with E-state index in [2.05, 4.69) is 31.0 Å². The first-order valence-corrected chi connectivity index (χ1v) is 7.91. The summed E-state index contributed by atoms with van der Waals surface area (Å²) >= 11 is 3.38. The Bertz CT molecular complexity index is 880. The van der Waals surface area contributed by atoms with Gasteiger partial charge in [0.1, 0.15) is 11.4 Å². The number of alkyl halides is 2. The van der Waals surface area contributed by atoms with Crippen LogP contribution in [-0.4, -0.2) is 17.5 Å². The van der Waals surface area contributed by atoms with Crippen LogP contribution in [0, 0.1) is 0 Å². The number of nitrogens with one attached hydrogen (secondary N) is 2. The van der Waals surface area contributed by atoms with E-state index in [1.165, 1.54) is 6.07 Å². The van der Waals surface area contributed by atoms with Crippen molar-refractivity contribution in [3.63, 3.8) is 0 Å². The number of carbonyl (C=O) groups excluding carboxylic acids is 1. The van der Waals surface area contributed by atoms with Gasteiger partial charge in [0, 0.05) is 27.5 Å². The van der Waals surface area contributed by atoms with Gasteiger partial charge < -0.3 is 15.0 Å². The summed E-state index contributed by atoms with van der Waals surface area (Å²) in [6.07, 6.45) is 0. The fourth-order valence-electron chi connectivity index (χ4n) is 2.36. The number of H-pyrrole nitrogens is 1. The summed E-state index contributed by atoms with van der Waals surface area (Å²) < 4.78 is 30.2. The lowest BCUT2D eigenvalue weighted by Gasteiger charge is -2.11. The van der Waals surface area contributed by atoms with Crippen molar-refractivity contribution < 1.29 is 18.3 Å². The van der Waals surface area contributed by atoms with Crippen LogP contribution in [-0.2, 0) is 6.54 Å². The Hall–Kier alpha value is -2.41. The topological polar surface area (TPSA) is 54.1 Å². The zero-order valence-corrected chi connectivity index (χ0v) is 13.9. The molecule has 0 saturated carbocycles. The van der Waals surface area contributed by atoms with Crippen LogP contribution >= 0.6 is 15.9 Å². The highest BCUT2D eigenvalue weighted by Gasteiger charge is 2.12. The third-order valence-electron chi connectivity index (χ3n) is 3.46. The summed E-state index contributed by atoms with van der Waals surface area (Å²) in [5, 5.41) is 3.60. The predicted molar refractivity (Wildman–Crippen MR) is 90.2 cm³/mol. The van der Waals surface area contributed by atoms with Crippen LogP contribution in [0.5, 0.6) is 5.75 Å². The molecule has 0 aliphatic rings. The van der Waals surface area contributed by atoms with E-state index in [-0.39, 0.29) is 18.2 Å². The molecule has 1 aromatic heterocycles. The van der Waals surface area contributed by atoms with Crippen LogP contribution in [0.25, 0.3) is 10.9 Å². The van der Waals surface area contributed by atoms with Gasteiger partial charge in [-0.25, -0.2) is 0 Å². The third-order valence-corrected chi connectivity index (χ3v) is 3.95. The van der Waals surface area contributed by atoms with Gasteiger partial charge in [-0.3, -0.25) is 4.79 Å². The van der Waals surface area contributed by atoms with E-state index >= 15 is 0 Å². The van der Waals surface area contributed by atoms with E-state index < -0.39 is 6.61 Å². The smallest absolute Gasteiger partial charge is 0.387 e. The fraction of sp³-hybridized carbons (Fsp3) is 0.118. The summed E-state index contributed by atoms with van der Waals surface area (Å²) in [6, 6.07) is 13.7. The van der Waals surface area contributed by atoms with E-state index in [1.807, 2.05) is 18.2 Å². The predicted octanol–water partition coefficient (Wildman–Crippen LogP) is 4.46. The van der Waals surface area contributed by atoms with E-state index in [9.17, 15) is 13.6 Å². The highest BCUT2D eigenvalue weighted by atomic mass is 79.9. The first-order chi connectivity index (χ1) is 11.5. The summed E-state index contributed by atoms with van der Waals surface area (Å²) in [7, 11) is 0. The van der Waals surface area contributed by atoms with Crippen LogP contribution in [0.2, 0.25) is 0 Å². The maximum Gasteiger partial charge on any atom is 0.387 e. The van der Waals surface area contributed by atoms with Crippen molar-refractivity contribution in [3.05, 3.63) is 64.3 Å². The molecule has 124 valence electrons. The summed E-state index contributed by atoms with van der Waals surface area (Å²) in [5.74, 6) is -0.275. The number of carbonyl (C=O) groups is 1. The Morgan fingerprint density at radius 2 is 2.00 bits per heavy atom. The maximum atomic E-state index is 12.4. The number of hydrogen-bond acceptors (Lipinski definition) is 2. The molecule has 1 amide bonds. The minimum absolute atomic E-state index is 0.0494. The van der Waals surface area contributed by atoms with Gasteiger partial charge in [0.15, 0.2) is 0 Å². The highest BCUT2D eigenvalue weighted by Crippen LogP contribution is 2.22. The standard InChI is InChI=1S/C17H13BrF2N2O2/c18-12-5-6-13-11(7-12)8-14(22-13)16(23)21-9-10-3-1-2-4-15(10)24-17(19)20/h1-8,17,22H,9H2,(H,21,23). The Morgan fingerprint density at radius 3 is 2.79 bits per heavy atom. The second-order valence-electron chi connectivity index (χ2n) is 5.08.